The quantitative estimate of drug-likeness (QED) is 0.918. The van der Waals surface area contributed by atoms with Gasteiger partial charge in [0, 0.05) is 18.3 Å². The molecule has 0 bridgehead atoms. The minimum absolute atomic E-state index is 0.0827. The Morgan fingerprint density at radius 1 is 0.840 bits per heavy atom. The van der Waals surface area contributed by atoms with Crippen LogP contribution < -0.4 is 0 Å². The van der Waals surface area contributed by atoms with Crippen molar-refractivity contribution in [1.29, 1.82) is 0 Å². The number of hydrogen-bond donors (Lipinski definition) is 1. The monoisotopic (exact) mass is 332 g/mol. The predicted molar refractivity (Wildman–Crippen MR) is 97.6 cm³/mol. The Morgan fingerprint density at radius 2 is 1.60 bits per heavy atom. The van der Waals surface area contributed by atoms with E-state index in [0.717, 1.165) is 54.1 Å². The molecule has 5 nitrogen and oxygen atoms in total. The van der Waals surface area contributed by atoms with Gasteiger partial charge < -0.3 is 5.11 Å². The number of aliphatic hydroxyl groups is 1. The predicted octanol–water partition coefficient (Wildman–Crippen LogP) is 3.16. The molecule has 0 fully saturated rings. The summed E-state index contributed by atoms with van der Waals surface area (Å²) in [7, 11) is 0. The highest BCUT2D eigenvalue weighted by Gasteiger charge is 2.32. The number of nitrogens with zero attached hydrogens (tertiary/aromatic N) is 4. The molecule has 2 aromatic rings. The second kappa shape index (κ2) is 7.07. The van der Waals surface area contributed by atoms with Gasteiger partial charge in [-0.05, 0) is 55.5 Å². The number of aromatic nitrogens is 2. The third-order valence-electron chi connectivity index (χ3n) is 4.72. The van der Waals surface area contributed by atoms with Crippen molar-refractivity contribution in [3.63, 3.8) is 0 Å². The topological polar surface area (TPSA) is 70.7 Å². The summed E-state index contributed by atoms with van der Waals surface area (Å²) >= 11 is 0. The van der Waals surface area contributed by atoms with Crippen LogP contribution in [-0.4, -0.2) is 32.6 Å². The van der Waals surface area contributed by atoms with E-state index in [0.29, 0.717) is 0 Å². The maximum atomic E-state index is 10.1. The van der Waals surface area contributed by atoms with Crippen LogP contribution in [-0.2, 0) is 0 Å². The number of aliphatic hydroxyl groups excluding tert-OH is 1. The zero-order chi connectivity index (χ0) is 17.1. The Bertz CT molecular complexity index is 827. The number of hydrogen-bond acceptors (Lipinski definition) is 5. The van der Waals surface area contributed by atoms with Crippen LogP contribution in [0.1, 0.15) is 37.1 Å². The first-order chi connectivity index (χ1) is 12.3. The fourth-order valence-electron chi connectivity index (χ4n) is 3.46. The summed E-state index contributed by atoms with van der Waals surface area (Å²) in [4.78, 5) is 8.91. The largest absolute Gasteiger partial charge is 0.393 e. The maximum Gasteiger partial charge on any atom is 0.115 e. The lowest BCUT2D eigenvalue weighted by atomic mass is 9.80. The van der Waals surface area contributed by atoms with Gasteiger partial charge in [0.2, 0.25) is 0 Å². The number of pyridine rings is 2. The Kier molecular flexibility index (Phi) is 4.48. The average molecular weight is 332 g/mol. The SMILES string of the molecule is O[C@@H]1CC/C=C2/C(c3ccccn3)=NN=C(c3ccccn3)C2CC1. The molecule has 0 radical (unpaired) electrons. The third kappa shape index (κ3) is 3.28. The Labute approximate surface area is 146 Å². The summed E-state index contributed by atoms with van der Waals surface area (Å²) in [5.41, 5.74) is 4.55. The minimum atomic E-state index is -0.264. The first kappa shape index (κ1) is 15.8. The van der Waals surface area contributed by atoms with Crippen LogP contribution in [0.15, 0.2) is 70.6 Å². The van der Waals surface area contributed by atoms with Crippen LogP contribution in [0.4, 0.5) is 0 Å². The Morgan fingerprint density at radius 3 is 2.32 bits per heavy atom. The molecule has 3 heterocycles. The van der Waals surface area contributed by atoms with Gasteiger partial charge in [0.15, 0.2) is 0 Å². The number of rotatable bonds is 2. The maximum absolute atomic E-state index is 10.1. The number of fused-ring (bicyclic) bond motifs is 1. The number of allylic oxidation sites excluding steroid dienone is 2. The fraction of sp³-hybridized carbons (Fsp3) is 0.300. The molecular weight excluding hydrogens is 312 g/mol. The Hall–Kier alpha value is -2.66. The molecule has 5 heteroatoms. The molecule has 25 heavy (non-hydrogen) atoms. The molecule has 2 aromatic heterocycles. The van der Waals surface area contributed by atoms with Gasteiger partial charge in [-0.3, -0.25) is 9.97 Å². The first-order valence-corrected chi connectivity index (χ1v) is 8.70. The zero-order valence-electron chi connectivity index (χ0n) is 13.9. The van der Waals surface area contributed by atoms with E-state index >= 15 is 0 Å². The van der Waals surface area contributed by atoms with Crippen LogP contribution in [0.5, 0.6) is 0 Å². The third-order valence-corrected chi connectivity index (χ3v) is 4.72. The van der Waals surface area contributed by atoms with E-state index in [4.69, 9.17) is 0 Å². The normalized spacial score (nSPS) is 25.6. The molecule has 1 aliphatic carbocycles. The van der Waals surface area contributed by atoms with Gasteiger partial charge in [-0.2, -0.15) is 5.10 Å². The molecular formula is C20H20N4O. The van der Waals surface area contributed by atoms with Crippen molar-refractivity contribution in [3.8, 4) is 0 Å². The smallest absolute Gasteiger partial charge is 0.115 e. The van der Waals surface area contributed by atoms with Crippen molar-refractivity contribution in [2.24, 2.45) is 16.1 Å². The molecule has 1 unspecified atom stereocenters. The summed E-state index contributed by atoms with van der Waals surface area (Å²) in [5.74, 6) is 0.0827. The van der Waals surface area contributed by atoms with Crippen LogP contribution in [0.3, 0.4) is 0 Å². The molecule has 1 aliphatic heterocycles. The summed E-state index contributed by atoms with van der Waals surface area (Å²) in [5, 5.41) is 19.1. The summed E-state index contributed by atoms with van der Waals surface area (Å²) in [6.45, 7) is 0. The van der Waals surface area contributed by atoms with Gasteiger partial charge >= 0.3 is 0 Å². The lowest BCUT2D eigenvalue weighted by molar-refractivity contribution is 0.149. The van der Waals surface area contributed by atoms with E-state index in [2.05, 4.69) is 26.2 Å². The van der Waals surface area contributed by atoms with Gasteiger partial charge in [-0.15, -0.1) is 5.10 Å². The van der Waals surface area contributed by atoms with E-state index in [-0.39, 0.29) is 12.0 Å². The van der Waals surface area contributed by atoms with Gasteiger partial charge in [0.1, 0.15) is 5.71 Å². The standard InChI is InChI=1S/C20H20N4O/c25-14-6-5-7-15-16(11-10-14)20(18-9-2-4-13-22-18)24-23-19(15)17-8-1-3-12-21-17/h1-4,7-9,12-14,16,25H,5-6,10-11H2/b15-7+/t14-,16?/m1/s1. The molecule has 0 amide bonds. The van der Waals surface area contributed by atoms with Gasteiger partial charge in [-0.25, -0.2) is 0 Å². The van der Waals surface area contributed by atoms with Crippen molar-refractivity contribution in [2.45, 2.75) is 31.8 Å². The molecule has 0 spiro atoms. The molecule has 1 N–H and O–H groups in total. The van der Waals surface area contributed by atoms with E-state index < -0.39 is 0 Å². The van der Waals surface area contributed by atoms with Crippen LogP contribution >= 0.6 is 0 Å². The van der Waals surface area contributed by atoms with Gasteiger partial charge in [0.25, 0.3) is 0 Å². The van der Waals surface area contributed by atoms with Gasteiger partial charge in [-0.1, -0.05) is 18.2 Å². The molecule has 126 valence electrons. The second-order valence-corrected chi connectivity index (χ2v) is 6.38. The van der Waals surface area contributed by atoms with Crippen molar-refractivity contribution in [3.05, 3.63) is 71.8 Å². The van der Waals surface area contributed by atoms with Crippen LogP contribution in [0.25, 0.3) is 0 Å². The fourth-order valence-corrected chi connectivity index (χ4v) is 3.46. The van der Waals surface area contributed by atoms with E-state index in [1.807, 2.05) is 36.4 Å². The zero-order valence-corrected chi connectivity index (χ0v) is 13.9. The van der Waals surface area contributed by atoms with Gasteiger partial charge in [0.05, 0.1) is 23.2 Å². The summed E-state index contributed by atoms with van der Waals surface area (Å²) < 4.78 is 0. The highest BCUT2D eigenvalue weighted by atomic mass is 16.3. The average Bonchev–Trinajstić information content (AvgIpc) is 2.66. The van der Waals surface area contributed by atoms with E-state index in [1.165, 1.54) is 0 Å². The first-order valence-electron chi connectivity index (χ1n) is 8.70. The molecule has 0 aromatic carbocycles. The van der Waals surface area contributed by atoms with Crippen LogP contribution in [0.2, 0.25) is 0 Å². The second-order valence-electron chi connectivity index (χ2n) is 6.38. The molecule has 2 atom stereocenters. The highest BCUT2D eigenvalue weighted by molar-refractivity contribution is 6.19. The van der Waals surface area contributed by atoms with Crippen molar-refractivity contribution in [1.82, 2.24) is 9.97 Å². The molecule has 4 rings (SSSR count). The van der Waals surface area contributed by atoms with E-state index in [9.17, 15) is 5.11 Å². The summed E-state index contributed by atoms with van der Waals surface area (Å²) in [6.07, 6.45) is 8.67. The van der Waals surface area contributed by atoms with Crippen molar-refractivity contribution in [2.75, 3.05) is 0 Å². The summed E-state index contributed by atoms with van der Waals surface area (Å²) in [6, 6.07) is 11.7. The molecule has 2 aliphatic rings. The van der Waals surface area contributed by atoms with Crippen LogP contribution in [0, 0.1) is 5.92 Å². The van der Waals surface area contributed by atoms with E-state index in [1.54, 1.807) is 12.4 Å². The Balaban J connectivity index is 1.82. The molecule has 0 saturated carbocycles. The van der Waals surface area contributed by atoms with Crippen molar-refractivity contribution < 1.29 is 5.11 Å². The lowest BCUT2D eigenvalue weighted by Gasteiger charge is -2.28. The molecule has 0 saturated heterocycles. The lowest BCUT2D eigenvalue weighted by Crippen LogP contribution is -2.30. The highest BCUT2D eigenvalue weighted by Crippen LogP contribution is 2.32. The van der Waals surface area contributed by atoms with Crippen molar-refractivity contribution >= 4 is 11.4 Å². The minimum Gasteiger partial charge on any atom is -0.393 e.